The first-order valence-electron chi connectivity index (χ1n) is 4.12. The molecule has 1 aliphatic heterocycles. The Balaban J connectivity index is 2.27. The highest BCUT2D eigenvalue weighted by Gasteiger charge is 2.11. The molecule has 0 aromatic carbocycles. The SMILES string of the molecule is [CH2]NCC(=S)N1CCCCC1. The van der Waals surface area contributed by atoms with E-state index in [1.807, 2.05) is 0 Å². The number of nitrogens with zero attached hydrogens (tertiary/aromatic N) is 1. The average Bonchev–Trinajstić information content (AvgIpc) is 2.07. The topological polar surface area (TPSA) is 15.3 Å². The van der Waals surface area contributed by atoms with Gasteiger partial charge < -0.3 is 10.2 Å². The summed E-state index contributed by atoms with van der Waals surface area (Å²) in [5.41, 5.74) is 0. The lowest BCUT2D eigenvalue weighted by Gasteiger charge is -2.28. The quantitative estimate of drug-likeness (QED) is 0.628. The lowest BCUT2D eigenvalue weighted by Crippen LogP contribution is -2.38. The van der Waals surface area contributed by atoms with E-state index >= 15 is 0 Å². The first kappa shape index (κ1) is 8.94. The molecule has 1 N–H and O–H groups in total. The molecule has 0 amide bonds. The van der Waals surface area contributed by atoms with E-state index in [0.29, 0.717) is 0 Å². The minimum atomic E-state index is 0.745. The van der Waals surface area contributed by atoms with Crippen molar-refractivity contribution < 1.29 is 0 Å². The summed E-state index contributed by atoms with van der Waals surface area (Å²) < 4.78 is 0. The van der Waals surface area contributed by atoms with Crippen molar-refractivity contribution in [2.75, 3.05) is 19.6 Å². The number of thiocarbonyl (C=S) groups is 1. The van der Waals surface area contributed by atoms with E-state index in [0.717, 1.165) is 24.6 Å². The lowest BCUT2D eigenvalue weighted by molar-refractivity contribution is 0.343. The van der Waals surface area contributed by atoms with Gasteiger partial charge in [0.15, 0.2) is 0 Å². The molecule has 3 heteroatoms. The van der Waals surface area contributed by atoms with Crippen molar-refractivity contribution in [3.05, 3.63) is 7.05 Å². The number of hydrogen-bond donors (Lipinski definition) is 1. The number of likely N-dealkylation sites (tertiary alicyclic amines) is 1. The second-order valence-electron chi connectivity index (χ2n) is 2.87. The zero-order valence-electron chi connectivity index (χ0n) is 6.81. The Morgan fingerprint density at radius 2 is 2.00 bits per heavy atom. The molecule has 63 valence electrons. The maximum Gasteiger partial charge on any atom is 0.0919 e. The standard InChI is InChI=1S/C8H15N2S/c1-9-7-8(11)10-5-3-2-4-6-10/h9H,1-7H2. The third kappa shape index (κ3) is 2.75. The fourth-order valence-corrected chi connectivity index (χ4v) is 1.65. The summed E-state index contributed by atoms with van der Waals surface area (Å²) in [5, 5.41) is 2.83. The molecule has 0 spiro atoms. The van der Waals surface area contributed by atoms with Gasteiger partial charge in [-0.2, -0.15) is 0 Å². The average molecular weight is 171 g/mol. The second kappa shape index (κ2) is 4.67. The van der Waals surface area contributed by atoms with Crippen LogP contribution in [0.1, 0.15) is 19.3 Å². The van der Waals surface area contributed by atoms with Crippen LogP contribution in [0.2, 0.25) is 0 Å². The van der Waals surface area contributed by atoms with Crippen molar-refractivity contribution in [3.8, 4) is 0 Å². The van der Waals surface area contributed by atoms with Crippen molar-refractivity contribution in [2.45, 2.75) is 19.3 Å². The van der Waals surface area contributed by atoms with Crippen LogP contribution < -0.4 is 5.32 Å². The first-order chi connectivity index (χ1) is 5.34. The second-order valence-corrected chi connectivity index (χ2v) is 3.34. The summed E-state index contributed by atoms with van der Waals surface area (Å²) in [5.74, 6) is 0. The molecule has 1 saturated heterocycles. The van der Waals surface area contributed by atoms with Crippen molar-refractivity contribution in [2.24, 2.45) is 0 Å². The monoisotopic (exact) mass is 171 g/mol. The molecule has 2 nitrogen and oxygen atoms in total. The molecule has 0 bridgehead atoms. The normalized spacial score (nSPS) is 18.5. The van der Waals surface area contributed by atoms with Gasteiger partial charge in [0, 0.05) is 26.7 Å². The predicted molar refractivity (Wildman–Crippen MR) is 51.4 cm³/mol. The third-order valence-corrected chi connectivity index (χ3v) is 2.39. The Morgan fingerprint density at radius 3 is 2.55 bits per heavy atom. The van der Waals surface area contributed by atoms with Gasteiger partial charge in [-0.05, 0) is 19.3 Å². The van der Waals surface area contributed by atoms with E-state index in [2.05, 4.69) is 17.3 Å². The van der Waals surface area contributed by atoms with Crippen LogP contribution in [0.4, 0.5) is 0 Å². The predicted octanol–water partition coefficient (Wildman–Crippen LogP) is 1.18. The van der Waals surface area contributed by atoms with E-state index < -0.39 is 0 Å². The van der Waals surface area contributed by atoms with Gasteiger partial charge in [-0.3, -0.25) is 0 Å². The van der Waals surface area contributed by atoms with Crippen LogP contribution in [0.15, 0.2) is 0 Å². The summed E-state index contributed by atoms with van der Waals surface area (Å²) in [7, 11) is 3.56. The third-order valence-electron chi connectivity index (χ3n) is 1.98. The van der Waals surface area contributed by atoms with Crippen LogP contribution in [0.5, 0.6) is 0 Å². The van der Waals surface area contributed by atoms with Crippen molar-refractivity contribution >= 4 is 17.2 Å². The van der Waals surface area contributed by atoms with E-state index in [1.54, 1.807) is 0 Å². The number of hydrogen-bond acceptors (Lipinski definition) is 2. The molecule has 0 saturated carbocycles. The summed E-state index contributed by atoms with van der Waals surface area (Å²) in [6.45, 7) is 3.02. The van der Waals surface area contributed by atoms with Gasteiger partial charge in [-0.25, -0.2) is 0 Å². The molecule has 1 fully saturated rings. The molecule has 1 radical (unpaired) electrons. The minimum absolute atomic E-state index is 0.745. The maximum atomic E-state index is 5.20. The van der Waals surface area contributed by atoms with Gasteiger partial charge in [0.25, 0.3) is 0 Å². The fourth-order valence-electron chi connectivity index (χ4n) is 1.36. The molecule has 1 aliphatic rings. The van der Waals surface area contributed by atoms with Gasteiger partial charge in [0.05, 0.1) is 4.99 Å². The van der Waals surface area contributed by atoms with Gasteiger partial charge in [-0.15, -0.1) is 0 Å². The maximum absolute atomic E-state index is 5.20. The lowest BCUT2D eigenvalue weighted by atomic mass is 10.1. The Bertz CT molecular complexity index is 130. The smallest absolute Gasteiger partial charge is 0.0919 e. The molecule has 1 heterocycles. The van der Waals surface area contributed by atoms with Gasteiger partial charge in [-0.1, -0.05) is 12.2 Å². The molecular weight excluding hydrogens is 156 g/mol. The van der Waals surface area contributed by atoms with Crippen molar-refractivity contribution in [1.29, 1.82) is 0 Å². The van der Waals surface area contributed by atoms with E-state index in [4.69, 9.17) is 12.2 Å². The zero-order chi connectivity index (χ0) is 8.10. The summed E-state index contributed by atoms with van der Waals surface area (Å²) >= 11 is 5.20. The highest BCUT2D eigenvalue weighted by Crippen LogP contribution is 2.08. The summed E-state index contributed by atoms with van der Waals surface area (Å²) in [4.78, 5) is 3.29. The van der Waals surface area contributed by atoms with Gasteiger partial charge in [0.1, 0.15) is 0 Å². The van der Waals surface area contributed by atoms with Gasteiger partial charge in [0.2, 0.25) is 0 Å². The molecule has 1 rings (SSSR count). The largest absolute Gasteiger partial charge is 0.365 e. The van der Waals surface area contributed by atoms with Crippen LogP contribution in [-0.4, -0.2) is 29.5 Å². The van der Waals surface area contributed by atoms with Crippen LogP contribution >= 0.6 is 12.2 Å². The minimum Gasteiger partial charge on any atom is -0.365 e. The first-order valence-corrected chi connectivity index (χ1v) is 4.53. The van der Waals surface area contributed by atoms with Crippen molar-refractivity contribution in [1.82, 2.24) is 10.2 Å². The van der Waals surface area contributed by atoms with Crippen LogP contribution in [0.25, 0.3) is 0 Å². The number of rotatable bonds is 2. The van der Waals surface area contributed by atoms with Gasteiger partial charge >= 0.3 is 0 Å². The highest BCUT2D eigenvalue weighted by atomic mass is 32.1. The highest BCUT2D eigenvalue weighted by molar-refractivity contribution is 7.80. The Morgan fingerprint density at radius 1 is 1.36 bits per heavy atom. The fraction of sp³-hybridized carbons (Fsp3) is 0.750. The van der Waals surface area contributed by atoms with Crippen LogP contribution in [0.3, 0.4) is 0 Å². The molecule has 11 heavy (non-hydrogen) atoms. The Labute approximate surface area is 74.0 Å². The van der Waals surface area contributed by atoms with E-state index in [9.17, 15) is 0 Å². The van der Waals surface area contributed by atoms with Crippen LogP contribution in [-0.2, 0) is 0 Å². The van der Waals surface area contributed by atoms with Crippen LogP contribution in [0, 0.1) is 7.05 Å². The molecule has 0 aliphatic carbocycles. The molecule has 0 aromatic rings. The number of nitrogens with one attached hydrogen (secondary N) is 1. The Kier molecular flexibility index (Phi) is 3.80. The Hall–Kier alpha value is -0.150. The molecular formula is C8H15N2S. The van der Waals surface area contributed by atoms with E-state index in [1.165, 1.54) is 19.3 Å². The zero-order valence-corrected chi connectivity index (χ0v) is 7.62. The molecule has 0 atom stereocenters. The molecule has 0 aromatic heterocycles. The van der Waals surface area contributed by atoms with E-state index in [-0.39, 0.29) is 0 Å². The number of piperidine rings is 1. The molecule has 0 unspecified atom stereocenters. The van der Waals surface area contributed by atoms with Crippen molar-refractivity contribution in [3.63, 3.8) is 0 Å². The summed E-state index contributed by atoms with van der Waals surface area (Å²) in [6.07, 6.45) is 3.94. The summed E-state index contributed by atoms with van der Waals surface area (Å²) in [6, 6.07) is 0.